The Hall–Kier alpha value is -3.54. The molecule has 0 unspecified atom stereocenters. The molecule has 2 N–H and O–H groups in total. The summed E-state index contributed by atoms with van der Waals surface area (Å²) in [7, 11) is 3.12. The van der Waals surface area contributed by atoms with Crippen LogP contribution in [-0.2, 0) is 0 Å². The number of carbonyl (C=O) groups is 1. The van der Waals surface area contributed by atoms with Gasteiger partial charge in [-0.1, -0.05) is 12.1 Å². The molecule has 28 heavy (non-hydrogen) atoms. The fourth-order valence-corrected chi connectivity index (χ4v) is 2.77. The maximum Gasteiger partial charge on any atom is 0.255 e. The van der Waals surface area contributed by atoms with Gasteiger partial charge in [0.2, 0.25) is 0 Å². The first-order valence-electron chi connectivity index (χ1n) is 8.84. The Kier molecular flexibility index (Phi) is 5.79. The summed E-state index contributed by atoms with van der Waals surface area (Å²) in [4.78, 5) is 17.0. The molecule has 0 spiro atoms. The van der Waals surface area contributed by atoms with E-state index in [0.29, 0.717) is 28.6 Å². The predicted molar refractivity (Wildman–Crippen MR) is 111 cm³/mol. The van der Waals surface area contributed by atoms with Crippen LogP contribution in [0.1, 0.15) is 21.5 Å². The number of anilines is 3. The van der Waals surface area contributed by atoms with E-state index < -0.39 is 0 Å². The van der Waals surface area contributed by atoms with Gasteiger partial charge < -0.3 is 20.1 Å². The highest BCUT2D eigenvalue weighted by Gasteiger charge is 2.11. The molecule has 0 bridgehead atoms. The van der Waals surface area contributed by atoms with Crippen molar-refractivity contribution in [1.82, 2.24) is 4.98 Å². The van der Waals surface area contributed by atoms with Gasteiger partial charge in [0.1, 0.15) is 5.82 Å². The lowest BCUT2D eigenvalue weighted by Crippen LogP contribution is -2.12. The molecule has 0 fully saturated rings. The molecule has 0 atom stereocenters. The van der Waals surface area contributed by atoms with E-state index in [1.54, 1.807) is 50.7 Å². The maximum atomic E-state index is 12.7. The predicted octanol–water partition coefficient (Wildman–Crippen LogP) is 4.71. The molecule has 1 heterocycles. The number of pyridine rings is 1. The van der Waals surface area contributed by atoms with Crippen molar-refractivity contribution in [3.63, 3.8) is 0 Å². The van der Waals surface area contributed by atoms with Gasteiger partial charge in [0.15, 0.2) is 11.5 Å². The Morgan fingerprint density at radius 3 is 2.46 bits per heavy atom. The van der Waals surface area contributed by atoms with Gasteiger partial charge in [-0.3, -0.25) is 4.79 Å². The fraction of sp³-hybridized carbons (Fsp3) is 0.182. The van der Waals surface area contributed by atoms with Gasteiger partial charge >= 0.3 is 0 Å². The van der Waals surface area contributed by atoms with Crippen molar-refractivity contribution in [3.05, 3.63) is 71.4 Å². The van der Waals surface area contributed by atoms with Crippen LogP contribution in [0.5, 0.6) is 11.5 Å². The number of rotatable bonds is 6. The van der Waals surface area contributed by atoms with Crippen molar-refractivity contribution in [2.75, 3.05) is 24.9 Å². The summed E-state index contributed by atoms with van der Waals surface area (Å²) in [6.07, 6.45) is 1.61. The van der Waals surface area contributed by atoms with E-state index in [0.717, 1.165) is 16.8 Å². The standard InChI is InChI=1S/C22H23N3O3/c1-14-5-6-15(2)18(11-14)25-21-12-16(9-10-23-21)22(26)24-17-7-8-19(27-3)20(13-17)28-4/h5-13H,1-4H3,(H,23,25)(H,24,26). The monoisotopic (exact) mass is 377 g/mol. The van der Waals surface area contributed by atoms with Crippen LogP contribution in [0.4, 0.5) is 17.2 Å². The van der Waals surface area contributed by atoms with E-state index in [4.69, 9.17) is 9.47 Å². The van der Waals surface area contributed by atoms with Crippen LogP contribution in [0.15, 0.2) is 54.7 Å². The zero-order valence-corrected chi connectivity index (χ0v) is 16.4. The summed E-state index contributed by atoms with van der Waals surface area (Å²) in [6.45, 7) is 4.06. The minimum absolute atomic E-state index is 0.237. The number of methoxy groups -OCH3 is 2. The lowest BCUT2D eigenvalue weighted by molar-refractivity contribution is 0.102. The Balaban J connectivity index is 1.78. The van der Waals surface area contributed by atoms with E-state index in [2.05, 4.69) is 21.7 Å². The number of hydrogen-bond donors (Lipinski definition) is 2. The van der Waals surface area contributed by atoms with Gasteiger partial charge in [-0.2, -0.15) is 0 Å². The second kappa shape index (κ2) is 8.43. The molecule has 3 aromatic rings. The lowest BCUT2D eigenvalue weighted by atomic mass is 10.1. The third kappa shape index (κ3) is 4.40. The van der Waals surface area contributed by atoms with Crippen molar-refractivity contribution in [3.8, 4) is 11.5 Å². The number of aryl methyl sites for hydroxylation is 2. The maximum absolute atomic E-state index is 12.7. The van der Waals surface area contributed by atoms with Gasteiger partial charge in [0.05, 0.1) is 14.2 Å². The van der Waals surface area contributed by atoms with Gasteiger partial charge in [-0.25, -0.2) is 4.98 Å². The molecule has 1 aromatic heterocycles. The molecule has 1 amide bonds. The average molecular weight is 377 g/mol. The van der Waals surface area contributed by atoms with Crippen LogP contribution in [0, 0.1) is 13.8 Å². The van der Waals surface area contributed by atoms with Crippen molar-refractivity contribution in [2.45, 2.75) is 13.8 Å². The van der Waals surface area contributed by atoms with E-state index >= 15 is 0 Å². The second-order valence-corrected chi connectivity index (χ2v) is 6.40. The quantitative estimate of drug-likeness (QED) is 0.651. The zero-order chi connectivity index (χ0) is 20.1. The van der Waals surface area contributed by atoms with Gasteiger partial charge in [-0.05, 0) is 55.3 Å². The van der Waals surface area contributed by atoms with E-state index in [9.17, 15) is 4.79 Å². The number of benzene rings is 2. The molecular formula is C22H23N3O3. The number of carbonyl (C=O) groups excluding carboxylic acids is 1. The van der Waals surface area contributed by atoms with E-state index in [-0.39, 0.29) is 5.91 Å². The summed E-state index contributed by atoms with van der Waals surface area (Å²) in [5.41, 5.74) is 4.33. The molecule has 0 saturated heterocycles. The van der Waals surface area contributed by atoms with Crippen molar-refractivity contribution in [1.29, 1.82) is 0 Å². The molecule has 6 heteroatoms. The van der Waals surface area contributed by atoms with Crippen LogP contribution >= 0.6 is 0 Å². The summed E-state index contributed by atoms with van der Waals surface area (Å²) in [5, 5.41) is 6.14. The molecule has 144 valence electrons. The van der Waals surface area contributed by atoms with Gasteiger partial charge in [0, 0.05) is 29.2 Å². The molecule has 0 aliphatic rings. The summed E-state index contributed by atoms with van der Waals surface area (Å²) in [6, 6.07) is 14.8. The Bertz CT molecular complexity index is 1000. The van der Waals surface area contributed by atoms with E-state index in [1.807, 2.05) is 26.0 Å². The average Bonchev–Trinajstić information content (AvgIpc) is 2.70. The SMILES string of the molecule is COc1ccc(NC(=O)c2ccnc(Nc3cc(C)ccc3C)c2)cc1OC. The first kappa shape index (κ1) is 19.2. The Morgan fingerprint density at radius 2 is 1.71 bits per heavy atom. The third-order valence-corrected chi connectivity index (χ3v) is 4.32. The van der Waals surface area contributed by atoms with Crippen molar-refractivity contribution >= 4 is 23.1 Å². The topological polar surface area (TPSA) is 72.5 Å². The minimum atomic E-state index is -0.237. The van der Waals surface area contributed by atoms with Gasteiger partial charge in [0.25, 0.3) is 5.91 Å². The number of nitrogens with zero attached hydrogens (tertiary/aromatic N) is 1. The van der Waals surface area contributed by atoms with Crippen molar-refractivity contribution < 1.29 is 14.3 Å². The number of hydrogen-bond acceptors (Lipinski definition) is 5. The lowest BCUT2D eigenvalue weighted by Gasteiger charge is -2.12. The summed E-state index contributed by atoms with van der Waals surface area (Å²) < 4.78 is 10.5. The summed E-state index contributed by atoms with van der Waals surface area (Å²) >= 11 is 0. The minimum Gasteiger partial charge on any atom is -0.493 e. The van der Waals surface area contributed by atoms with Gasteiger partial charge in [-0.15, -0.1) is 0 Å². The highest BCUT2D eigenvalue weighted by molar-refractivity contribution is 6.04. The molecule has 2 aromatic carbocycles. The van der Waals surface area contributed by atoms with Crippen LogP contribution in [0.2, 0.25) is 0 Å². The van der Waals surface area contributed by atoms with Crippen LogP contribution in [0.3, 0.4) is 0 Å². The Morgan fingerprint density at radius 1 is 0.929 bits per heavy atom. The van der Waals surface area contributed by atoms with Crippen LogP contribution in [0.25, 0.3) is 0 Å². The van der Waals surface area contributed by atoms with E-state index in [1.165, 1.54) is 0 Å². The second-order valence-electron chi connectivity index (χ2n) is 6.40. The highest BCUT2D eigenvalue weighted by Crippen LogP contribution is 2.30. The number of ether oxygens (including phenoxy) is 2. The Labute approximate surface area is 164 Å². The first-order valence-corrected chi connectivity index (χ1v) is 8.84. The smallest absolute Gasteiger partial charge is 0.255 e. The molecule has 0 aliphatic carbocycles. The number of amides is 1. The first-order chi connectivity index (χ1) is 13.5. The molecule has 0 aliphatic heterocycles. The third-order valence-electron chi connectivity index (χ3n) is 4.32. The largest absolute Gasteiger partial charge is 0.493 e. The molecular weight excluding hydrogens is 354 g/mol. The molecule has 3 rings (SSSR count). The molecule has 0 saturated carbocycles. The molecule has 6 nitrogen and oxygen atoms in total. The van der Waals surface area contributed by atoms with Crippen LogP contribution in [-0.4, -0.2) is 25.1 Å². The number of aromatic nitrogens is 1. The zero-order valence-electron chi connectivity index (χ0n) is 16.4. The number of nitrogens with one attached hydrogen (secondary N) is 2. The fourth-order valence-electron chi connectivity index (χ4n) is 2.77. The molecule has 0 radical (unpaired) electrons. The van der Waals surface area contributed by atoms with Crippen molar-refractivity contribution in [2.24, 2.45) is 0 Å². The summed E-state index contributed by atoms with van der Waals surface area (Å²) in [5.74, 6) is 1.52. The highest BCUT2D eigenvalue weighted by atomic mass is 16.5. The normalized spacial score (nSPS) is 10.3. The van der Waals surface area contributed by atoms with Crippen LogP contribution < -0.4 is 20.1 Å².